The molecule has 1 aliphatic rings. The minimum absolute atomic E-state index is 0.107. The van der Waals surface area contributed by atoms with Crippen molar-refractivity contribution < 1.29 is 9.90 Å². The minimum Gasteiger partial charge on any atom is -0.477 e. The van der Waals surface area contributed by atoms with E-state index in [1.165, 1.54) is 17.3 Å². The highest BCUT2D eigenvalue weighted by atomic mass is 35.5. The van der Waals surface area contributed by atoms with Crippen LogP contribution in [0.5, 0.6) is 0 Å². The molecule has 2 N–H and O–H groups in total. The highest BCUT2D eigenvalue weighted by Gasteiger charge is 2.21. The number of anilines is 1. The van der Waals surface area contributed by atoms with E-state index in [4.69, 9.17) is 11.6 Å². The van der Waals surface area contributed by atoms with Gasteiger partial charge in [-0.05, 0) is 49.4 Å². The Morgan fingerprint density at radius 1 is 1.32 bits per heavy atom. The van der Waals surface area contributed by atoms with Crippen LogP contribution in [-0.2, 0) is 13.0 Å². The van der Waals surface area contributed by atoms with Crippen molar-refractivity contribution >= 4 is 34.2 Å². The molecular formula is C22H21ClN2O3. The molecule has 0 aliphatic heterocycles. The predicted molar refractivity (Wildman–Crippen MR) is 112 cm³/mol. The number of carbonyl (C=O) groups is 1. The van der Waals surface area contributed by atoms with Gasteiger partial charge in [0.05, 0.1) is 22.3 Å². The van der Waals surface area contributed by atoms with Crippen molar-refractivity contribution in [1.29, 1.82) is 0 Å². The van der Waals surface area contributed by atoms with Gasteiger partial charge in [-0.1, -0.05) is 35.9 Å². The monoisotopic (exact) mass is 396 g/mol. The van der Waals surface area contributed by atoms with Crippen LogP contribution in [0.1, 0.15) is 47.3 Å². The van der Waals surface area contributed by atoms with E-state index in [0.717, 1.165) is 19.3 Å². The van der Waals surface area contributed by atoms with Gasteiger partial charge in [0, 0.05) is 18.1 Å². The van der Waals surface area contributed by atoms with Gasteiger partial charge in [0.15, 0.2) is 0 Å². The maximum atomic E-state index is 12.7. The van der Waals surface area contributed by atoms with E-state index in [9.17, 15) is 14.7 Å². The fourth-order valence-electron chi connectivity index (χ4n) is 4.03. The average molecular weight is 397 g/mol. The van der Waals surface area contributed by atoms with Gasteiger partial charge in [-0.3, -0.25) is 4.79 Å². The topological polar surface area (TPSA) is 71.3 Å². The van der Waals surface area contributed by atoms with Crippen molar-refractivity contribution in [3.8, 4) is 0 Å². The summed E-state index contributed by atoms with van der Waals surface area (Å²) in [5.74, 6) is -1.22. The maximum absolute atomic E-state index is 12.7. The summed E-state index contributed by atoms with van der Waals surface area (Å²) in [7, 11) is 0. The number of aryl methyl sites for hydroxylation is 2. The molecule has 0 saturated carbocycles. The van der Waals surface area contributed by atoms with E-state index in [-0.39, 0.29) is 11.6 Å². The Morgan fingerprint density at radius 2 is 2.11 bits per heavy atom. The first kappa shape index (κ1) is 18.6. The van der Waals surface area contributed by atoms with Crippen LogP contribution in [0.2, 0.25) is 5.02 Å². The third kappa shape index (κ3) is 3.16. The van der Waals surface area contributed by atoms with Crippen molar-refractivity contribution in [2.75, 3.05) is 5.32 Å². The Balaban J connectivity index is 1.83. The highest BCUT2D eigenvalue weighted by Crippen LogP contribution is 2.35. The maximum Gasteiger partial charge on any atom is 0.341 e. The van der Waals surface area contributed by atoms with E-state index >= 15 is 0 Å². The van der Waals surface area contributed by atoms with Gasteiger partial charge in [0.1, 0.15) is 5.56 Å². The van der Waals surface area contributed by atoms with Crippen LogP contribution in [0, 0.1) is 0 Å². The average Bonchev–Trinajstić information content (AvgIpc) is 2.69. The Morgan fingerprint density at radius 3 is 2.86 bits per heavy atom. The summed E-state index contributed by atoms with van der Waals surface area (Å²) < 4.78 is 1.74. The Bertz CT molecular complexity index is 1140. The van der Waals surface area contributed by atoms with Crippen LogP contribution in [0.25, 0.3) is 10.9 Å². The fraction of sp³-hybridized carbons (Fsp3) is 0.273. The van der Waals surface area contributed by atoms with Crippen molar-refractivity contribution in [3.63, 3.8) is 0 Å². The molecule has 0 radical (unpaired) electrons. The second-order valence-electron chi connectivity index (χ2n) is 7.10. The quantitative estimate of drug-likeness (QED) is 0.660. The minimum atomic E-state index is -1.22. The molecule has 0 fully saturated rings. The van der Waals surface area contributed by atoms with Gasteiger partial charge in [-0.15, -0.1) is 0 Å². The second kappa shape index (κ2) is 7.32. The van der Waals surface area contributed by atoms with Crippen LogP contribution in [0.15, 0.2) is 47.4 Å². The fourth-order valence-corrected chi connectivity index (χ4v) is 4.24. The normalized spacial score (nSPS) is 16.0. The SMILES string of the molecule is CCn1cc(C(=O)O)c(=O)c2cc(NC3CCCc4ccccc43)c(Cl)cc21. The van der Waals surface area contributed by atoms with Crippen LogP contribution < -0.4 is 10.7 Å². The zero-order valence-corrected chi connectivity index (χ0v) is 16.3. The zero-order valence-electron chi connectivity index (χ0n) is 15.5. The van der Waals surface area contributed by atoms with E-state index in [2.05, 4.69) is 17.4 Å². The molecule has 1 aliphatic carbocycles. The van der Waals surface area contributed by atoms with E-state index in [0.29, 0.717) is 28.2 Å². The molecule has 1 heterocycles. The number of hydrogen-bond donors (Lipinski definition) is 2. The molecule has 3 aromatic rings. The molecule has 1 atom stereocenters. The van der Waals surface area contributed by atoms with E-state index in [1.54, 1.807) is 16.7 Å². The molecule has 0 spiro atoms. The molecule has 6 heteroatoms. The van der Waals surface area contributed by atoms with Gasteiger partial charge in [0.2, 0.25) is 5.43 Å². The smallest absolute Gasteiger partial charge is 0.341 e. The van der Waals surface area contributed by atoms with Crippen LogP contribution in [0.4, 0.5) is 5.69 Å². The second-order valence-corrected chi connectivity index (χ2v) is 7.51. The summed E-state index contributed by atoms with van der Waals surface area (Å²) in [6.45, 7) is 2.44. The van der Waals surface area contributed by atoms with Crippen LogP contribution >= 0.6 is 11.6 Å². The highest BCUT2D eigenvalue weighted by molar-refractivity contribution is 6.34. The molecule has 1 unspecified atom stereocenters. The lowest BCUT2D eigenvalue weighted by atomic mass is 9.87. The number of halogens is 1. The van der Waals surface area contributed by atoms with Crippen molar-refractivity contribution in [1.82, 2.24) is 4.57 Å². The molecule has 5 nitrogen and oxygen atoms in total. The number of fused-ring (bicyclic) bond motifs is 2. The molecule has 0 bridgehead atoms. The number of nitrogens with zero attached hydrogens (tertiary/aromatic N) is 1. The summed E-state index contributed by atoms with van der Waals surface area (Å²) in [4.78, 5) is 24.2. The number of aromatic nitrogens is 1. The van der Waals surface area contributed by atoms with Gasteiger partial charge in [-0.25, -0.2) is 4.79 Å². The number of nitrogens with one attached hydrogen (secondary N) is 1. The first-order valence-electron chi connectivity index (χ1n) is 9.44. The van der Waals surface area contributed by atoms with Gasteiger partial charge >= 0.3 is 5.97 Å². The summed E-state index contributed by atoms with van der Waals surface area (Å²) in [6, 6.07) is 11.9. The largest absolute Gasteiger partial charge is 0.477 e. The molecular weight excluding hydrogens is 376 g/mol. The number of rotatable bonds is 4. The van der Waals surface area contributed by atoms with Crippen molar-refractivity contribution in [3.05, 3.63) is 74.5 Å². The van der Waals surface area contributed by atoms with Crippen LogP contribution in [-0.4, -0.2) is 15.6 Å². The summed E-state index contributed by atoms with van der Waals surface area (Å²) in [5.41, 5.74) is 3.14. The van der Waals surface area contributed by atoms with E-state index in [1.807, 2.05) is 19.1 Å². The number of pyridine rings is 1. The number of carboxylic acids is 1. The lowest BCUT2D eigenvalue weighted by Crippen LogP contribution is -2.20. The Labute approximate surface area is 167 Å². The summed E-state index contributed by atoms with van der Waals surface area (Å²) in [5, 5.41) is 13.7. The first-order chi connectivity index (χ1) is 13.5. The molecule has 0 saturated heterocycles. The number of aromatic carboxylic acids is 1. The van der Waals surface area contributed by atoms with Crippen molar-refractivity contribution in [2.45, 2.75) is 38.8 Å². The van der Waals surface area contributed by atoms with Gasteiger partial charge < -0.3 is 15.0 Å². The third-order valence-electron chi connectivity index (χ3n) is 5.44. The molecule has 0 amide bonds. The number of hydrogen-bond acceptors (Lipinski definition) is 3. The summed E-state index contributed by atoms with van der Waals surface area (Å²) >= 11 is 6.54. The lowest BCUT2D eigenvalue weighted by Gasteiger charge is -2.28. The Hall–Kier alpha value is -2.79. The van der Waals surface area contributed by atoms with Gasteiger partial charge in [-0.2, -0.15) is 0 Å². The molecule has 28 heavy (non-hydrogen) atoms. The zero-order chi connectivity index (χ0) is 19.8. The number of benzene rings is 2. The van der Waals surface area contributed by atoms with E-state index < -0.39 is 11.4 Å². The lowest BCUT2D eigenvalue weighted by molar-refractivity contribution is 0.0695. The van der Waals surface area contributed by atoms with Crippen LogP contribution in [0.3, 0.4) is 0 Å². The standard InChI is InChI=1S/C22H21ClN2O3/c1-2-25-12-16(22(27)28)21(26)15-10-19(17(23)11-20(15)25)24-18-9-5-7-13-6-3-4-8-14(13)18/h3-4,6,8,10-12,18,24H,2,5,7,9H2,1H3,(H,27,28). The molecule has 4 rings (SSSR count). The predicted octanol–water partition coefficient (Wildman–Crippen LogP) is 4.86. The first-order valence-corrected chi connectivity index (χ1v) is 9.81. The van der Waals surface area contributed by atoms with Gasteiger partial charge in [0.25, 0.3) is 0 Å². The molecule has 2 aromatic carbocycles. The molecule has 1 aromatic heterocycles. The number of carboxylic acid groups (broad SMARTS) is 1. The van der Waals surface area contributed by atoms with Crippen molar-refractivity contribution in [2.24, 2.45) is 0 Å². The Kier molecular flexibility index (Phi) is 4.85. The third-order valence-corrected chi connectivity index (χ3v) is 5.75. The molecule has 144 valence electrons. The summed E-state index contributed by atoms with van der Waals surface area (Å²) in [6.07, 6.45) is 4.49.